The topological polar surface area (TPSA) is 38.9 Å². The molecular formula is C16H17FN2O. The van der Waals surface area contributed by atoms with Crippen molar-refractivity contribution in [2.24, 2.45) is 0 Å². The van der Waals surface area contributed by atoms with Crippen LogP contribution in [-0.4, -0.2) is 10.1 Å². The molecule has 1 aliphatic rings. The first-order valence-corrected chi connectivity index (χ1v) is 7.00. The van der Waals surface area contributed by atoms with Gasteiger partial charge in [0, 0.05) is 11.5 Å². The Bertz CT molecular complexity index is 569. The molecule has 0 atom stereocenters. The number of hydrogen-bond acceptors (Lipinski definition) is 3. The predicted molar refractivity (Wildman–Crippen MR) is 74.5 cm³/mol. The molecule has 0 spiro atoms. The predicted octanol–water partition coefficient (Wildman–Crippen LogP) is 4.12. The number of allylic oxidation sites excluding steroid dienone is 1. The average Bonchev–Trinajstić information content (AvgIpc) is 3.00. The Morgan fingerprint density at radius 3 is 2.50 bits per heavy atom. The van der Waals surface area contributed by atoms with E-state index in [9.17, 15) is 4.39 Å². The molecule has 1 fully saturated rings. The van der Waals surface area contributed by atoms with Gasteiger partial charge in [-0.25, -0.2) is 4.39 Å². The number of rotatable bonds is 3. The average molecular weight is 272 g/mol. The van der Waals surface area contributed by atoms with E-state index in [4.69, 9.17) is 4.52 Å². The number of aromatic nitrogens is 2. The van der Waals surface area contributed by atoms with E-state index >= 15 is 0 Å². The summed E-state index contributed by atoms with van der Waals surface area (Å²) in [6.45, 7) is 0. The fourth-order valence-electron chi connectivity index (χ4n) is 3.00. The third-order valence-electron chi connectivity index (χ3n) is 4.09. The molecule has 104 valence electrons. The van der Waals surface area contributed by atoms with Crippen LogP contribution in [0.25, 0.3) is 6.08 Å². The number of nitrogens with zero attached hydrogens (tertiary/aromatic N) is 2. The Balaban J connectivity index is 1.93. The third kappa shape index (κ3) is 2.64. The molecule has 1 aromatic carbocycles. The molecule has 4 heteroatoms. The van der Waals surface area contributed by atoms with E-state index in [-0.39, 0.29) is 11.2 Å². The lowest BCUT2D eigenvalue weighted by Gasteiger charge is -2.35. The highest BCUT2D eigenvalue weighted by Crippen LogP contribution is 2.41. The Labute approximate surface area is 117 Å². The normalized spacial score (nSPS) is 18.4. The zero-order valence-corrected chi connectivity index (χ0v) is 11.3. The number of benzene rings is 1. The van der Waals surface area contributed by atoms with Gasteiger partial charge in [0.05, 0.1) is 0 Å². The summed E-state index contributed by atoms with van der Waals surface area (Å²) in [6, 6.07) is 6.84. The zero-order chi connectivity index (χ0) is 13.8. The fourth-order valence-corrected chi connectivity index (χ4v) is 3.00. The minimum atomic E-state index is -0.194. The largest absolute Gasteiger partial charge is 0.335 e. The Morgan fingerprint density at radius 1 is 1.10 bits per heavy atom. The van der Waals surface area contributed by atoms with E-state index in [1.165, 1.54) is 37.7 Å². The second-order valence-corrected chi connectivity index (χ2v) is 5.34. The van der Waals surface area contributed by atoms with E-state index in [0.717, 1.165) is 18.4 Å². The standard InChI is InChI=1S/C16H17FN2O/c17-14-6-4-13(5-7-14)16(9-2-1-3-10-16)11-8-15-18-12-19-20-15/h4-8,11-12H,1-3,9-10H2/b11-8+. The second kappa shape index (κ2) is 5.57. The first-order valence-electron chi connectivity index (χ1n) is 7.00. The smallest absolute Gasteiger partial charge is 0.250 e. The summed E-state index contributed by atoms with van der Waals surface area (Å²) < 4.78 is 18.2. The lowest BCUT2D eigenvalue weighted by atomic mass is 9.69. The molecule has 0 aliphatic heterocycles. The van der Waals surface area contributed by atoms with Crippen molar-refractivity contribution in [2.75, 3.05) is 0 Å². The van der Waals surface area contributed by atoms with Crippen LogP contribution in [0.15, 0.2) is 41.2 Å². The van der Waals surface area contributed by atoms with Crippen LogP contribution in [0.5, 0.6) is 0 Å². The number of halogens is 1. The lowest BCUT2D eigenvalue weighted by molar-refractivity contribution is 0.357. The summed E-state index contributed by atoms with van der Waals surface area (Å²) in [7, 11) is 0. The maximum absolute atomic E-state index is 13.1. The van der Waals surface area contributed by atoms with Gasteiger partial charge in [0.2, 0.25) is 5.89 Å². The lowest BCUT2D eigenvalue weighted by Crippen LogP contribution is -2.26. The van der Waals surface area contributed by atoms with Crippen LogP contribution in [0.4, 0.5) is 4.39 Å². The van der Waals surface area contributed by atoms with Crippen molar-refractivity contribution in [3.8, 4) is 0 Å². The molecule has 1 heterocycles. The van der Waals surface area contributed by atoms with Gasteiger partial charge in [-0.15, -0.1) is 0 Å². The maximum Gasteiger partial charge on any atom is 0.250 e. The van der Waals surface area contributed by atoms with Crippen LogP contribution >= 0.6 is 0 Å². The molecule has 1 saturated carbocycles. The van der Waals surface area contributed by atoms with E-state index in [1.807, 2.05) is 18.2 Å². The van der Waals surface area contributed by atoms with Gasteiger partial charge in [-0.05, 0) is 30.5 Å². The minimum Gasteiger partial charge on any atom is -0.335 e. The summed E-state index contributed by atoms with van der Waals surface area (Å²) in [6.07, 6.45) is 11.2. The minimum absolute atomic E-state index is 0.0412. The monoisotopic (exact) mass is 272 g/mol. The summed E-state index contributed by atoms with van der Waals surface area (Å²) in [5, 5.41) is 3.61. The van der Waals surface area contributed by atoms with Crippen molar-refractivity contribution in [1.29, 1.82) is 0 Å². The van der Waals surface area contributed by atoms with Crippen LogP contribution in [-0.2, 0) is 5.41 Å². The summed E-state index contributed by atoms with van der Waals surface area (Å²) in [5.74, 6) is 0.317. The quantitative estimate of drug-likeness (QED) is 0.843. The van der Waals surface area contributed by atoms with Crippen molar-refractivity contribution in [3.63, 3.8) is 0 Å². The van der Waals surface area contributed by atoms with Crippen LogP contribution in [0.2, 0.25) is 0 Å². The molecule has 3 rings (SSSR count). The van der Waals surface area contributed by atoms with Gasteiger partial charge in [0.1, 0.15) is 5.82 Å². The van der Waals surface area contributed by atoms with Crippen LogP contribution < -0.4 is 0 Å². The van der Waals surface area contributed by atoms with Gasteiger partial charge in [0.15, 0.2) is 6.33 Å². The summed E-state index contributed by atoms with van der Waals surface area (Å²) in [5.41, 5.74) is 1.12. The first kappa shape index (κ1) is 13.0. The van der Waals surface area contributed by atoms with Crippen LogP contribution in [0.1, 0.15) is 43.6 Å². The fraction of sp³-hybridized carbons (Fsp3) is 0.375. The van der Waals surface area contributed by atoms with Crippen molar-refractivity contribution in [1.82, 2.24) is 10.1 Å². The van der Waals surface area contributed by atoms with Crippen molar-refractivity contribution >= 4 is 6.08 Å². The maximum atomic E-state index is 13.1. The first-order chi connectivity index (χ1) is 9.78. The number of hydrogen-bond donors (Lipinski definition) is 0. The van der Waals surface area contributed by atoms with E-state index < -0.39 is 0 Å². The SMILES string of the molecule is Fc1ccc(C2(/C=C/c3ncno3)CCCCC2)cc1. The van der Waals surface area contributed by atoms with Gasteiger partial charge in [-0.2, -0.15) is 4.98 Å². The Hall–Kier alpha value is -1.97. The molecule has 1 aliphatic carbocycles. The van der Waals surface area contributed by atoms with Gasteiger partial charge >= 0.3 is 0 Å². The van der Waals surface area contributed by atoms with E-state index in [2.05, 4.69) is 16.2 Å². The highest BCUT2D eigenvalue weighted by Gasteiger charge is 2.31. The van der Waals surface area contributed by atoms with Gasteiger partial charge < -0.3 is 4.52 Å². The molecular weight excluding hydrogens is 255 g/mol. The third-order valence-corrected chi connectivity index (χ3v) is 4.09. The molecule has 0 N–H and O–H groups in total. The molecule has 0 amide bonds. The molecule has 0 saturated heterocycles. The van der Waals surface area contributed by atoms with Gasteiger partial charge in [-0.3, -0.25) is 0 Å². The second-order valence-electron chi connectivity index (χ2n) is 5.34. The Kier molecular flexibility index (Phi) is 3.63. The molecule has 20 heavy (non-hydrogen) atoms. The molecule has 2 aromatic rings. The molecule has 0 bridgehead atoms. The van der Waals surface area contributed by atoms with Crippen molar-refractivity contribution < 1.29 is 8.91 Å². The van der Waals surface area contributed by atoms with Gasteiger partial charge in [0.25, 0.3) is 0 Å². The highest BCUT2D eigenvalue weighted by atomic mass is 19.1. The van der Waals surface area contributed by atoms with Crippen LogP contribution in [0.3, 0.4) is 0 Å². The van der Waals surface area contributed by atoms with Crippen LogP contribution in [0, 0.1) is 5.82 Å². The summed E-state index contributed by atoms with van der Waals surface area (Å²) >= 11 is 0. The molecule has 3 nitrogen and oxygen atoms in total. The molecule has 0 unspecified atom stereocenters. The van der Waals surface area contributed by atoms with Crippen molar-refractivity contribution in [2.45, 2.75) is 37.5 Å². The zero-order valence-electron chi connectivity index (χ0n) is 11.3. The molecule has 0 radical (unpaired) electrons. The highest BCUT2D eigenvalue weighted by molar-refractivity contribution is 5.44. The van der Waals surface area contributed by atoms with E-state index in [1.54, 1.807) is 0 Å². The van der Waals surface area contributed by atoms with E-state index in [0.29, 0.717) is 5.89 Å². The van der Waals surface area contributed by atoms with Crippen molar-refractivity contribution in [3.05, 3.63) is 53.9 Å². The Morgan fingerprint density at radius 2 is 1.85 bits per heavy atom. The molecule has 1 aromatic heterocycles. The van der Waals surface area contributed by atoms with Gasteiger partial charge in [-0.1, -0.05) is 42.6 Å². The summed E-state index contributed by atoms with van der Waals surface area (Å²) in [4.78, 5) is 4.01.